The molecule has 2 aliphatic rings. The van der Waals surface area contributed by atoms with E-state index in [0.717, 1.165) is 12.8 Å². The maximum Gasteiger partial charge on any atom is 0.336 e. The molecule has 0 radical (unpaired) electrons. The number of imide groups is 1. The zero-order chi connectivity index (χ0) is 13.6. The molecule has 0 spiro atoms. The molecule has 1 aliphatic carbocycles. The molecule has 0 saturated heterocycles. The molecule has 2 amide bonds. The van der Waals surface area contributed by atoms with Gasteiger partial charge in [-0.25, -0.2) is 4.79 Å². The molecule has 1 saturated carbocycles. The van der Waals surface area contributed by atoms with Gasteiger partial charge >= 0.3 is 5.97 Å². The number of benzene rings is 1. The topological polar surface area (TPSA) is 63.7 Å². The largest absolute Gasteiger partial charge is 0.336 e. The van der Waals surface area contributed by atoms with Crippen molar-refractivity contribution in [3.63, 3.8) is 0 Å². The number of fused-ring (bicyclic) bond motifs is 1. The fraction of sp³-hybridized carbons (Fsp3) is 0.357. The Balaban J connectivity index is 1.76. The van der Waals surface area contributed by atoms with E-state index in [-0.39, 0.29) is 17.0 Å². The van der Waals surface area contributed by atoms with Gasteiger partial charge in [0.25, 0.3) is 11.8 Å². The van der Waals surface area contributed by atoms with Gasteiger partial charge in [0.05, 0.1) is 17.0 Å². The van der Waals surface area contributed by atoms with E-state index in [1.165, 1.54) is 0 Å². The highest BCUT2D eigenvalue weighted by molar-refractivity contribution is 6.20. The summed E-state index contributed by atoms with van der Waals surface area (Å²) in [6.45, 7) is 2.00. The smallest absolute Gasteiger partial charge is 0.329 e. The summed E-state index contributed by atoms with van der Waals surface area (Å²) in [6, 6.07) is 6.44. The minimum absolute atomic E-state index is 0.172. The van der Waals surface area contributed by atoms with Gasteiger partial charge in [-0.15, -0.1) is 0 Å². The first-order valence-electron chi connectivity index (χ1n) is 6.33. The van der Waals surface area contributed by atoms with Crippen molar-refractivity contribution >= 4 is 17.8 Å². The van der Waals surface area contributed by atoms with Crippen LogP contribution < -0.4 is 0 Å². The van der Waals surface area contributed by atoms with Crippen LogP contribution in [0.2, 0.25) is 0 Å². The Morgan fingerprint density at radius 1 is 1.26 bits per heavy atom. The Morgan fingerprint density at radius 2 is 1.84 bits per heavy atom. The molecule has 3 rings (SSSR count). The third-order valence-corrected chi connectivity index (χ3v) is 3.69. The van der Waals surface area contributed by atoms with Gasteiger partial charge in [0.2, 0.25) is 0 Å². The summed E-state index contributed by atoms with van der Waals surface area (Å²) in [5.41, 5.74) is 0.561. The maximum atomic E-state index is 12.0. The Labute approximate surface area is 110 Å². The molecule has 0 unspecified atom stereocenters. The molecule has 98 valence electrons. The van der Waals surface area contributed by atoms with Gasteiger partial charge in [-0.05, 0) is 24.5 Å². The van der Waals surface area contributed by atoms with Crippen LogP contribution in [0, 0.1) is 11.8 Å². The van der Waals surface area contributed by atoms with Crippen LogP contribution >= 0.6 is 0 Å². The number of rotatable bonds is 3. The predicted octanol–water partition coefficient (Wildman–Crippen LogP) is 1.79. The van der Waals surface area contributed by atoms with E-state index in [2.05, 4.69) is 0 Å². The van der Waals surface area contributed by atoms with Gasteiger partial charge in [-0.1, -0.05) is 30.5 Å². The molecule has 5 nitrogen and oxygen atoms in total. The molecule has 0 N–H and O–H groups in total. The van der Waals surface area contributed by atoms with Crippen LogP contribution in [0.4, 0.5) is 0 Å². The van der Waals surface area contributed by atoms with Crippen LogP contribution in [0.15, 0.2) is 24.3 Å². The van der Waals surface area contributed by atoms with Gasteiger partial charge in [-0.2, -0.15) is 0 Å². The van der Waals surface area contributed by atoms with Crippen LogP contribution in [0.1, 0.15) is 40.5 Å². The minimum Gasteiger partial charge on any atom is -0.329 e. The Bertz CT molecular complexity index is 546. The normalized spacial score (nSPS) is 24.4. The molecule has 2 atom stereocenters. The van der Waals surface area contributed by atoms with Crippen molar-refractivity contribution in [2.45, 2.75) is 19.8 Å². The van der Waals surface area contributed by atoms with Crippen molar-refractivity contribution < 1.29 is 19.2 Å². The van der Waals surface area contributed by atoms with Crippen molar-refractivity contribution in [3.8, 4) is 0 Å². The number of hydrogen-bond acceptors (Lipinski definition) is 4. The van der Waals surface area contributed by atoms with E-state index < -0.39 is 17.8 Å². The highest BCUT2D eigenvalue weighted by Crippen LogP contribution is 2.42. The molecule has 1 aromatic rings. The zero-order valence-corrected chi connectivity index (χ0v) is 10.5. The Morgan fingerprint density at radius 3 is 2.32 bits per heavy atom. The molecule has 19 heavy (non-hydrogen) atoms. The second kappa shape index (κ2) is 4.19. The average molecular weight is 259 g/mol. The fourth-order valence-electron chi connectivity index (χ4n) is 2.40. The van der Waals surface area contributed by atoms with Crippen molar-refractivity contribution in [2.24, 2.45) is 11.8 Å². The summed E-state index contributed by atoms with van der Waals surface area (Å²) in [7, 11) is 0. The SMILES string of the molecule is CC[C@H]1C[C@@H]1C(=O)ON1C(=O)c2ccccc2C1=O. The minimum atomic E-state index is -0.567. The quantitative estimate of drug-likeness (QED) is 0.776. The standard InChI is InChI=1S/C14H13NO4/c1-2-8-7-11(8)14(18)19-15-12(16)9-5-3-4-6-10(9)13(15)17/h3-6,8,11H,2,7H2,1H3/t8-,11-/m0/s1. The van der Waals surface area contributed by atoms with Crippen LogP contribution in [0.25, 0.3) is 0 Å². The zero-order valence-electron chi connectivity index (χ0n) is 10.5. The molecule has 1 aromatic carbocycles. The lowest BCUT2D eigenvalue weighted by Gasteiger charge is -2.12. The molecular weight excluding hydrogens is 246 g/mol. The summed E-state index contributed by atoms with van der Waals surface area (Å²) in [6.07, 6.45) is 1.68. The number of carbonyl (C=O) groups is 3. The lowest BCUT2D eigenvalue weighted by atomic mass is 10.1. The third-order valence-electron chi connectivity index (χ3n) is 3.69. The summed E-state index contributed by atoms with van der Waals surface area (Å²) in [4.78, 5) is 40.7. The van der Waals surface area contributed by atoms with Crippen LogP contribution in [0.5, 0.6) is 0 Å². The highest BCUT2D eigenvalue weighted by Gasteiger charge is 2.46. The van der Waals surface area contributed by atoms with Gasteiger partial charge in [-0.3, -0.25) is 9.59 Å². The molecule has 1 fully saturated rings. The monoisotopic (exact) mass is 259 g/mol. The van der Waals surface area contributed by atoms with Gasteiger partial charge in [0.1, 0.15) is 0 Å². The maximum absolute atomic E-state index is 12.0. The Hall–Kier alpha value is -2.17. The molecule has 5 heteroatoms. The summed E-state index contributed by atoms with van der Waals surface area (Å²) in [5, 5.41) is 0.581. The molecule has 0 aromatic heterocycles. The van der Waals surface area contributed by atoms with Crippen LogP contribution in [-0.2, 0) is 9.63 Å². The van der Waals surface area contributed by atoms with Crippen molar-refractivity contribution in [1.82, 2.24) is 5.06 Å². The van der Waals surface area contributed by atoms with E-state index in [0.29, 0.717) is 11.0 Å². The lowest BCUT2D eigenvalue weighted by molar-refractivity contribution is -0.170. The average Bonchev–Trinajstić information content (AvgIpc) is 3.18. The molecule has 0 bridgehead atoms. The van der Waals surface area contributed by atoms with Crippen LogP contribution in [-0.4, -0.2) is 22.8 Å². The Kier molecular flexibility index (Phi) is 2.62. The molecular formula is C14H13NO4. The van der Waals surface area contributed by atoms with E-state index in [4.69, 9.17) is 4.84 Å². The summed E-state index contributed by atoms with van der Waals surface area (Å²) in [5.74, 6) is -1.47. The van der Waals surface area contributed by atoms with Gasteiger partial charge < -0.3 is 4.84 Å². The number of nitrogens with zero attached hydrogens (tertiary/aromatic N) is 1. The van der Waals surface area contributed by atoms with Crippen LogP contribution in [0.3, 0.4) is 0 Å². The predicted molar refractivity (Wildman–Crippen MR) is 64.9 cm³/mol. The first-order valence-corrected chi connectivity index (χ1v) is 6.33. The first-order chi connectivity index (χ1) is 9.13. The van der Waals surface area contributed by atoms with E-state index in [1.54, 1.807) is 24.3 Å². The van der Waals surface area contributed by atoms with E-state index in [9.17, 15) is 14.4 Å². The van der Waals surface area contributed by atoms with Gasteiger partial charge in [0, 0.05) is 0 Å². The fourth-order valence-corrected chi connectivity index (χ4v) is 2.40. The van der Waals surface area contributed by atoms with Gasteiger partial charge in [0.15, 0.2) is 0 Å². The third kappa shape index (κ3) is 1.82. The number of amides is 2. The molecule has 1 aliphatic heterocycles. The van der Waals surface area contributed by atoms with E-state index >= 15 is 0 Å². The number of hydroxylamine groups is 2. The molecule has 1 heterocycles. The first kappa shape index (κ1) is 11.9. The second-order valence-electron chi connectivity index (χ2n) is 4.87. The van der Waals surface area contributed by atoms with Crippen molar-refractivity contribution in [3.05, 3.63) is 35.4 Å². The number of hydrogen-bond donors (Lipinski definition) is 0. The summed E-state index contributed by atoms with van der Waals surface area (Å²) < 4.78 is 0. The number of carbonyl (C=O) groups excluding carboxylic acids is 3. The highest BCUT2D eigenvalue weighted by atomic mass is 16.7. The summed E-state index contributed by atoms with van der Waals surface area (Å²) >= 11 is 0. The van der Waals surface area contributed by atoms with Crippen molar-refractivity contribution in [1.29, 1.82) is 0 Å². The van der Waals surface area contributed by atoms with Crippen molar-refractivity contribution in [2.75, 3.05) is 0 Å². The lowest BCUT2D eigenvalue weighted by Crippen LogP contribution is -2.33. The van der Waals surface area contributed by atoms with E-state index in [1.807, 2.05) is 6.92 Å². The second-order valence-corrected chi connectivity index (χ2v) is 4.87.